The minimum absolute atomic E-state index is 0.331. The fourth-order valence-corrected chi connectivity index (χ4v) is 3.44. The monoisotopic (exact) mass is 356 g/mol. The van der Waals surface area contributed by atoms with Gasteiger partial charge in [-0.05, 0) is 38.4 Å². The summed E-state index contributed by atoms with van der Waals surface area (Å²) in [6, 6.07) is 5.97. The van der Waals surface area contributed by atoms with Gasteiger partial charge in [-0.3, -0.25) is 4.57 Å². The average Bonchev–Trinajstić information content (AvgIpc) is 3.26. The van der Waals surface area contributed by atoms with Crippen LogP contribution in [0.5, 0.6) is 0 Å². The number of rotatable bonds is 5. The van der Waals surface area contributed by atoms with Gasteiger partial charge in [0.1, 0.15) is 11.3 Å². The van der Waals surface area contributed by atoms with Crippen LogP contribution in [0.2, 0.25) is 0 Å². The fraction of sp³-hybridized carbons (Fsp3) is 0.389. The van der Waals surface area contributed by atoms with Gasteiger partial charge in [0.15, 0.2) is 5.65 Å². The van der Waals surface area contributed by atoms with Crippen LogP contribution in [0.4, 0.5) is 10.3 Å². The Hall–Kier alpha value is -2.74. The number of aromatic nitrogens is 4. The Balaban J connectivity index is 1.67. The summed E-state index contributed by atoms with van der Waals surface area (Å²) in [5, 5.41) is 6.56. The lowest BCUT2D eigenvalue weighted by Crippen LogP contribution is -2.22. The van der Waals surface area contributed by atoms with Crippen LogP contribution < -0.4 is 16.3 Å². The molecule has 2 aromatic heterocycles. The Morgan fingerprint density at radius 2 is 2.27 bits per heavy atom. The van der Waals surface area contributed by atoms with E-state index in [2.05, 4.69) is 25.6 Å². The van der Waals surface area contributed by atoms with E-state index >= 15 is 0 Å². The molecule has 0 aliphatic carbocycles. The van der Waals surface area contributed by atoms with E-state index in [4.69, 9.17) is 0 Å². The van der Waals surface area contributed by atoms with Crippen LogP contribution in [0, 0.1) is 11.7 Å². The highest BCUT2D eigenvalue weighted by molar-refractivity contribution is 5.71. The zero-order valence-corrected chi connectivity index (χ0v) is 14.5. The molecule has 0 unspecified atom stereocenters. The van der Waals surface area contributed by atoms with Gasteiger partial charge in [-0.15, -0.1) is 0 Å². The van der Waals surface area contributed by atoms with Crippen molar-refractivity contribution < 1.29 is 4.39 Å². The Kier molecular flexibility index (Phi) is 4.42. The van der Waals surface area contributed by atoms with Crippen LogP contribution in [0.1, 0.15) is 24.9 Å². The molecule has 1 fully saturated rings. The lowest BCUT2D eigenvalue weighted by molar-refractivity contribution is 0.554. The van der Waals surface area contributed by atoms with Gasteiger partial charge >= 0.3 is 5.69 Å². The minimum Gasteiger partial charge on any atom is -0.354 e. The van der Waals surface area contributed by atoms with Crippen LogP contribution in [-0.2, 0) is 0 Å². The molecule has 0 saturated carbocycles. The number of benzene rings is 1. The Bertz CT molecular complexity index is 975. The number of hydrogen-bond donors (Lipinski definition) is 3. The van der Waals surface area contributed by atoms with Gasteiger partial charge in [-0.1, -0.05) is 18.2 Å². The predicted octanol–water partition coefficient (Wildman–Crippen LogP) is 1.89. The molecule has 1 aliphatic rings. The van der Waals surface area contributed by atoms with E-state index in [-0.39, 0.29) is 11.5 Å². The van der Waals surface area contributed by atoms with Crippen molar-refractivity contribution in [3.05, 3.63) is 52.3 Å². The standard InChI is InChI=1S/C18H21FN6O/c1-11(13-4-2-3-5-14(13)19)25-16-15(23-18(25)26)10-22-17(24-16)21-9-12-6-7-20-8-12/h2-5,10-12,20H,6-9H2,1H3,(H,23,26)(H,21,22,24)/t11-,12-/m1/s1. The molecular formula is C18H21FN6O. The third-order valence-electron chi connectivity index (χ3n) is 4.91. The highest BCUT2D eigenvalue weighted by atomic mass is 19.1. The molecule has 0 amide bonds. The van der Waals surface area contributed by atoms with Crippen molar-refractivity contribution in [3.8, 4) is 0 Å². The van der Waals surface area contributed by atoms with Crippen LogP contribution >= 0.6 is 0 Å². The molecule has 0 spiro atoms. The second kappa shape index (κ2) is 6.87. The summed E-state index contributed by atoms with van der Waals surface area (Å²) < 4.78 is 15.6. The summed E-state index contributed by atoms with van der Waals surface area (Å²) >= 11 is 0. The van der Waals surface area contributed by atoms with Gasteiger partial charge in [0.05, 0.1) is 12.2 Å². The highest BCUT2D eigenvalue weighted by Gasteiger charge is 2.20. The second-order valence-corrected chi connectivity index (χ2v) is 6.67. The van der Waals surface area contributed by atoms with Gasteiger partial charge in [-0.2, -0.15) is 4.98 Å². The molecule has 136 valence electrons. The second-order valence-electron chi connectivity index (χ2n) is 6.67. The summed E-state index contributed by atoms with van der Waals surface area (Å²) in [7, 11) is 0. The number of nitrogens with zero attached hydrogens (tertiary/aromatic N) is 3. The molecule has 1 aliphatic heterocycles. The number of hydrogen-bond acceptors (Lipinski definition) is 5. The number of anilines is 1. The number of fused-ring (bicyclic) bond motifs is 1. The summed E-state index contributed by atoms with van der Waals surface area (Å²) in [6.07, 6.45) is 2.71. The molecule has 2 atom stereocenters. The van der Waals surface area contributed by atoms with Crippen LogP contribution in [0.3, 0.4) is 0 Å². The summed E-state index contributed by atoms with van der Waals surface area (Å²) in [4.78, 5) is 23.9. The normalized spacial score (nSPS) is 18.3. The van der Waals surface area contributed by atoms with E-state index in [1.165, 1.54) is 10.6 Å². The predicted molar refractivity (Wildman–Crippen MR) is 97.8 cm³/mol. The van der Waals surface area contributed by atoms with Crippen molar-refractivity contribution in [2.45, 2.75) is 19.4 Å². The maximum Gasteiger partial charge on any atom is 0.328 e. The molecule has 4 rings (SSSR count). The number of imidazole rings is 1. The van der Waals surface area contributed by atoms with Gasteiger partial charge in [-0.25, -0.2) is 14.2 Å². The van der Waals surface area contributed by atoms with Crippen LogP contribution in [0.25, 0.3) is 11.2 Å². The Morgan fingerprint density at radius 1 is 1.42 bits per heavy atom. The Morgan fingerprint density at radius 3 is 3.04 bits per heavy atom. The topological polar surface area (TPSA) is 87.6 Å². The zero-order chi connectivity index (χ0) is 18.1. The minimum atomic E-state index is -0.487. The van der Waals surface area contributed by atoms with Gasteiger partial charge in [0, 0.05) is 12.1 Å². The molecule has 8 heteroatoms. The first-order valence-electron chi connectivity index (χ1n) is 8.79. The molecule has 1 aromatic carbocycles. The molecule has 0 bridgehead atoms. The van der Waals surface area contributed by atoms with Gasteiger partial charge in [0.2, 0.25) is 5.95 Å². The number of halogens is 1. The van der Waals surface area contributed by atoms with E-state index < -0.39 is 6.04 Å². The number of H-pyrrole nitrogens is 1. The molecule has 3 N–H and O–H groups in total. The van der Waals surface area contributed by atoms with Gasteiger partial charge in [0.25, 0.3) is 0 Å². The van der Waals surface area contributed by atoms with Crippen LogP contribution in [0.15, 0.2) is 35.3 Å². The largest absolute Gasteiger partial charge is 0.354 e. The van der Waals surface area contributed by atoms with Crippen LogP contribution in [-0.4, -0.2) is 39.2 Å². The molecule has 3 aromatic rings. The maximum atomic E-state index is 14.2. The zero-order valence-electron chi connectivity index (χ0n) is 14.5. The van der Waals surface area contributed by atoms with Crippen molar-refractivity contribution in [2.24, 2.45) is 5.92 Å². The van der Waals surface area contributed by atoms with E-state index in [1.807, 2.05) is 0 Å². The molecule has 26 heavy (non-hydrogen) atoms. The summed E-state index contributed by atoms with van der Waals surface area (Å²) in [6.45, 7) is 4.57. The lowest BCUT2D eigenvalue weighted by Gasteiger charge is -2.15. The van der Waals surface area contributed by atoms with Crippen molar-refractivity contribution in [2.75, 3.05) is 25.0 Å². The molecule has 1 saturated heterocycles. The van der Waals surface area contributed by atoms with E-state index in [0.29, 0.717) is 28.6 Å². The SMILES string of the molecule is C[C@H](c1ccccc1F)n1c(=O)[nH]c2cnc(NC[C@@H]3CCNC3)nc21. The van der Waals surface area contributed by atoms with Gasteiger partial charge < -0.3 is 15.6 Å². The van der Waals surface area contributed by atoms with E-state index in [0.717, 1.165) is 26.1 Å². The third-order valence-corrected chi connectivity index (χ3v) is 4.91. The molecule has 0 radical (unpaired) electrons. The average molecular weight is 356 g/mol. The first kappa shape index (κ1) is 16.7. The van der Waals surface area contributed by atoms with E-state index in [9.17, 15) is 9.18 Å². The van der Waals surface area contributed by atoms with Crippen molar-refractivity contribution in [1.29, 1.82) is 0 Å². The first-order chi connectivity index (χ1) is 12.6. The molecule has 7 nitrogen and oxygen atoms in total. The quantitative estimate of drug-likeness (QED) is 0.650. The molecular weight excluding hydrogens is 335 g/mol. The van der Waals surface area contributed by atoms with Crippen molar-refractivity contribution >= 4 is 17.1 Å². The Labute approximate surface area is 149 Å². The first-order valence-corrected chi connectivity index (χ1v) is 8.79. The maximum absolute atomic E-state index is 14.2. The lowest BCUT2D eigenvalue weighted by atomic mass is 10.1. The highest BCUT2D eigenvalue weighted by Crippen LogP contribution is 2.22. The summed E-state index contributed by atoms with van der Waals surface area (Å²) in [5.74, 6) is 0.667. The van der Waals surface area contributed by atoms with Crippen molar-refractivity contribution in [1.82, 2.24) is 24.8 Å². The fourth-order valence-electron chi connectivity index (χ4n) is 3.44. The number of nitrogens with one attached hydrogen (secondary N) is 3. The summed E-state index contributed by atoms with van der Waals surface area (Å²) in [5.41, 5.74) is 1.11. The van der Waals surface area contributed by atoms with E-state index in [1.54, 1.807) is 31.3 Å². The third kappa shape index (κ3) is 3.08. The smallest absolute Gasteiger partial charge is 0.328 e. The molecule has 3 heterocycles. The van der Waals surface area contributed by atoms with Crippen molar-refractivity contribution in [3.63, 3.8) is 0 Å². The number of aromatic amines is 1.